The highest BCUT2D eigenvalue weighted by Crippen LogP contribution is 2.36. The monoisotopic (exact) mass is 300 g/mol. The fourth-order valence-electron chi connectivity index (χ4n) is 3.79. The molecule has 0 saturated heterocycles. The first kappa shape index (κ1) is 15.4. The summed E-state index contributed by atoms with van der Waals surface area (Å²) in [4.78, 5) is 15.1. The summed E-state index contributed by atoms with van der Waals surface area (Å²) in [6.07, 6.45) is 9.17. The topological polar surface area (TPSA) is 46.3 Å². The van der Waals surface area contributed by atoms with Gasteiger partial charge in [-0.15, -0.1) is 0 Å². The Morgan fingerprint density at radius 1 is 1.05 bits per heavy atom. The van der Waals surface area contributed by atoms with Crippen LogP contribution in [-0.4, -0.2) is 22.9 Å². The molecule has 0 atom stereocenters. The van der Waals surface area contributed by atoms with Crippen molar-refractivity contribution in [2.24, 2.45) is 5.92 Å². The number of benzene rings is 1. The summed E-state index contributed by atoms with van der Waals surface area (Å²) in [7, 11) is 0. The summed E-state index contributed by atoms with van der Waals surface area (Å²) < 4.78 is 0. The number of hydrogen-bond donors (Lipinski definition) is 1. The average Bonchev–Trinajstić information content (AvgIpc) is 3.35. The summed E-state index contributed by atoms with van der Waals surface area (Å²) in [5, 5.41) is 0. The number of nitrogen functional groups attached to an aromatic ring is 1. The van der Waals surface area contributed by atoms with Gasteiger partial charge in [-0.25, -0.2) is 0 Å². The van der Waals surface area contributed by atoms with Crippen LogP contribution >= 0.6 is 0 Å². The third kappa shape index (κ3) is 3.63. The highest BCUT2D eigenvalue weighted by Gasteiger charge is 2.38. The lowest BCUT2D eigenvalue weighted by atomic mass is 9.83. The minimum atomic E-state index is 0.312. The number of carbonyl (C=O) groups excluding carboxylic acids is 1. The van der Waals surface area contributed by atoms with E-state index in [9.17, 15) is 4.79 Å². The smallest absolute Gasteiger partial charge is 0.227 e. The van der Waals surface area contributed by atoms with Crippen molar-refractivity contribution in [2.45, 2.75) is 70.4 Å². The van der Waals surface area contributed by atoms with Crippen LogP contribution in [-0.2, 0) is 11.2 Å². The van der Waals surface area contributed by atoms with Gasteiger partial charge in [-0.2, -0.15) is 0 Å². The van der Waals surface area contributed by atoms with Crippen molar-refractivity contribution < 1.29 is 4.79 Å². The molecule has 2 aliphatic rings. The quantitative estimate of drug-likeness (QED) is 0.841. The van der Waals surface area contributed by atoms with Crippen LogP contribution in [0.25, 0.3) is 0 Å². The van der Waals surface area contributed by atoms with Crippen LogP contribution in [0, 0.1) is 5.92 Å². The highest BCUT2D eigenvalue weighted by molar-refractivity contribution is 5.80. The van der Waals surface area contributed by atoms with Crippen molar-refractivity contribution in [1.82, 2.24) is 4.90 Å². The van der Waals surface area contributed by atoms with E-state index in [1.807, 2.05) is 24.3 Å². The number of nitrogens with two attached hydrogens (primary N) is 1. The van der Waals surface area contributed by atoms with Gasteiger partial charge in [-0.05, 0) is 62.1 Å². The van der Waals surface area contributed by atoms with Crippen molar-refractivity contribution in [1.29, 1.82) is 0 Å². The van der Waals surface area contributed by atoms with E-state index >= 15 is 0 Å². The van der Waals surface area contributed by atoms with Gasteiger partial charge < -0.3 is 10.6 Å². The molecule has 3 heteroatoms. The predicted octanol–water partition coefficient (Wildman–Crippen LogP) is 3.77. The van der Waals surface area contributed by atoms with Gasteiger partial charge in [0.05, 0.1) is 6.42 Å². The Morgan fingerprint density at radius 2 is 1.59 bits per heavy atom. The summed E-state index contributed by atoms with van der Waals surface area (Å²) in [5.74, 6) is 1.19. The predicted molar refractivity (Wildman–Crippen MR) is 90.5 cm³/mol. The molecular weight excluding hydrogens is 272 g/mol. The average molecular weight is 300 g/mol. The van der Waals surface area contributed by atoms with Crippen molar-refractivity contribution in [3.8, 4) is 0 Å². The summed E-state index contributed by atoms with van der Waals surface area (Å²) in [5.41, 5.74) is 7.56. The van der Waals surface area contributed by atoms with E-state index in [-0.39, 0.29) is 0 Å². The van der Waals surface area contributed by atoms with E-state index in [2.05, 4.69) is 11.8 Å². The first-order chi connectivity index (χ1) is 10.7. The molecule has 0 aliphatic heterocycles. The fourth-order valence-corrected chi connectivity index (χ4v) is 3.79. The fraction of sp³-hybridized carbons (Fsp3) is 0.632. The number of carbonyl (C=O) groups is 1. The normalized spacial score (nSPS) is 25.0. The zero-order valence-corrected chi connectivity index (χ0v) is 13.6. The van der Waals surface area contributed by atoms with Crippen molar-refractivity contribution >= 4 is 11.6 Å². The standard InChI is InChI=1S/C19H28N2O/c1-2-14-5-9-17(10-6-14)21(18-11-12-18)19(22)13-15-3-7-16(20)8-4-15/h3-4,7-8,14,17-18H,2,5-6,9-13,20H2,1H3. The molecule has 3 nitrogen and oxygen atoms in total. The molecular formula is C19H28N2O. The number of anilines is 1. The van der Waals surface area contributed by atoms with Crippen LogP contribution < -0.4 is 5.73 Å². The Kier molecular flexibility index (Phi) is 4.70. The maximum absolute atomic E-state index is 12.8. The summed E-state index contributed by atoms with van der Waals surface area (Å²) in [6, 6.07) is 8.73. The zero-order valence-electron chi connectivity index (χ0n) is 13.6. The number of rotatable bonds is 5. The Balaban J connectivity index is 1.63. The van der Waals surface area contributed by atoms with Crippen LogP contribution in [0.5, 0.6) is 0 Å². The first-order valence-electron chi connectivity index (χ1n) is 8.83. The van der Waals surface area contributed by atoms with Crippen LogP contribution in [0.15, 0.2) is 24.3 Å². The molecule has 0 aromatic heterocycles. The Hall–Kier alpha value is -1.51. The lowest BCUT2D eigenvalue weighted by Gasteiger charge is -2.37. The second-order valence-electron chi connectivity index (χ2n) is 7.03. The highest BCUT2D eigenvalue weighted by atomic mass is 16.2. The minimum Gasteiger partial charge on any atom is -0.399 e. The van der Waals surface area contributed by atoms with Gasteiger partial charge in [0.2, 0.25) is 5.91 Å². The van der Waals surface area contributed by atoms with Crippen LogP contribution in [0.4, 0.5) is 5.69 Å². The maximum Gasteiger partial charge on any atom is 0.227 e. The summed E-state index contributed by atoms with van der Waals surface area (Å²) >= 11 is 0. The lowest BCUT2D eigenvalue weighted by molar-refractivity contribution is -0.134. The van der Waals surface area contributed by atoms with E-state index in [4.69, 9.17) is 5.73 Å². The Bertz CT molecular complexity index is 499. The van der Waals surface area contributed by atoms with Crippen molar-refractivity contribution in [2.75, 3.05) is 5.73 Å². The zero-order chi connectivity index (χ0) is 15.5. The Morgan fingerprint density at radius 3 is 2.09 bits per heavy atom. The van der Waals surface area contributed by atoms with Gasteiger partial charge in [0.15, 0.2) is 0 Å². The molecule has 1 amide bonds. The van der Waals surface area contributed by atoms with Crippen molar-refractivity contribution in [3.63, 3.8) is 0 Å². The number of nitrogens with zero attached hydrogens (tertiary/aromatic N) is 1. The van der Waals surface area contributed by atoms with Crippen LogP contribution in [0.1, 0.15) is 57.4 Å². The number of hydrogen-bond acceptors (Lipinski definition) is 2. The molecule has 0 bridgehead atoms. The molecule has 2 N–H and O–H groups in total. The van der Waals surface area contributed by atoms with E-state index in [0.717, 1.165) is 17.2 Å². The molecule has 1 aromatic carbocycles. The second kappa shape index (κ2) is 6.72. The van der Waals surface area contributed by atoms with Gasteiger partial charge in [-0.3, -0.25) is 4.79 Å². The van der Waals surface area contributed by atoms with E-state index < -0.39 is 0 Å². The molecule has 0 unspecified atom stereocenters. The molecule has 2 aliphatic carbocycles. The molecule has 0 heterocycles. The number of amides is 1. The maximum atomic E-state index is 12.8. The molecule has 0 spiro atoms. The van der Waals surface area contributed by atoms with Gasteiger partial charge in [-0.1, -0.05) is 25.5 Å². The third-order valence-electron chi connectivity index (χ3n) is 5.35. The van der Waals surface area contributed by atoms with Gasteiger partial charge >= 0.3 is 0 Å². The molecule has 2 fully saturated rings. The van der Waals surface area contributed by atoms with E-state index in [1.165, 1.54) is 44.9 Å². The molecule has 22 heavy (non-hydrogen) atoms. The SMILES string of the molecule is CCC1CCC(N(C(=O)Cc2ccc(N)cc2)C2CC2)CC1. The van der Waals surface area contributed by atoms with Gasteiger partial charge in [0, 0.05) is 17.8 Å². The Labute approximate surface area is 133 Å². The van der Waals surface area contributed by atoms with E-state index in [1.54, 1.807) is 0 Å². The van der Waals surface area contributed by atoms with Gasteiger partial charge in [0.1, 0.15) is 0 Å². The third-order valence-corrected chi connectivity index (χ3v) is 5.35. The first-order valence-corrected chi connectivity index (χ1v) is 8.83. The molecule has 1 aromatic rings. The molecule has 3 rings (SSSR count). The molecule has 2 saturated carbocycles. The lowest BCUT2D eigenvalue weighted by Crippen LogP contribution is -2.44. The van der Waals surface area contributed by atoms with Crippen LogP contribution in [0.3, 0.4) is 0 Å². The largest absolute Gasteiger partial charge is 0.399 e. The second-order valence-corrected chi connectivity index (χ2v) is 7.03. The van der Waals surface area contributed by atoms with Crippen molar-refractivity contribution in [3.05, 3.63) is 29.8 Å². The summed E-state index contributed by atoms with van der Waals surface area (Å²) in [6.45, 7) is 2.29. The van der Waals surface area contributed by atoms with E-state index in [0.29, 0.717) is 24.4 Å². The van der Waals surface area contributed by atoms with Gasteiger partial charge in [0.25, 0.3) is 0 Å². The van der Waals surface area contributed by atoms with Crippen LogP contribution in [0.2, 0.25) is 0 Å². The molecule has 120 valence electrons. The minimum absolute atomic E-state index is 0.312. The molecule has 0 radical (unpaired) electrons.